The molecule has 0 aromatic heterocycles. The first kappa shape index (κ1) is 34.3. The first-order chi connectivity index (χ1) is 29.1. The normalized spacial score (nSPS) is 18.9. The molecule has 0 radical (unpaired) electrons. The van der Waals surface area contributed by atoms with E-state index in [1.54, 1.807) is 0 Å². The lowest BCUT2D eigenvalue weighted by Gasteiger charge is -2.36. The summed E-state index contributed by atoms with van der Waals surface area (Å²) in [5.41, 5.74) is 20.2. The maximum absolute atomic E-state index is 2.63. The van der Waals surface area contributed by atoms with Crippen molar-refractivity contribution in [1.82, 2.24) is 0 Å². The largest absolute Gasteiger partial charge is 0.0714 e. The SMILES string of the molecule is CCC1(c2ccc(C)cc2)Cc2cccc(c2)C2(c3ccccc3)c3cc1ccc3-c1cc3c(cc12)-c1c(ccc2ccccc12)C3(c1ccccc1)c1ccccc1. The minimum atomic E-state index is -0.528. The van der Waals surface area contributed by atoms with E-state index in [2.05, 4.69) is 220 Å². The molecule has 9 aromatic carbocycles. The van der Waals surface area contributed by atoms with Gasteiger partial charge in [-0.3, -0.25) is 0 Å². The standard InChI is InChI=1S/C59H44/c1-3-57(42-29-26-39(2)27-30-42)38-40-16-15-24-47(34-40)59(45-22-11-6-12-23-45)53-35-46(57)31-32-49(53)50-36-55-51(37-54(50)59)56-48-25-14-13-17-41(48)28-33-52(56)58(55,43-18-7-4-8-19-43)44-20-9-5-10-21-44/h4-37H,3,38H2,1-2H3. The predicted octanol–water partition coefficient (Wildman–Crippen LogP) is 14.1. The van der Waals surface area contributed by atoms with Gasteiger partial charge in [0.15, 0.2) is 0 Å². The quantitative estimate of drug-likeness (QED) is 0.164. The number of aryl methyl sites for hydroxylation is 1. The topological polar surface area (TPSA) is 0 Å². The highest BCUT2D eigenvalue weighted by atomic mass is 14.5. The highest BCUT2D eigenvalue weighted by molar-refractivity contribution is 6.05. The van der Waals surface area contributed by atoms with Crippen molar-refractivity contribution < 1.29 is 0 Å². The molecule has 4 bridgehead atoms. The van der Waals surface area contributed by atoms with E-state index in [1.165, 1.54) is 99.8 Å². The zero-order valence-electron chi connectivity index (χ0n) is 33.5. The van der Waals surface area contributed by atoms with Gasteiger partial charge in [-0.1, -0.05) is 207 Å². The van der Waals surface area contributed by atoms with Gasteiger partial charge in [-0.15, -0.1) is 0 Å². The van der Waals surface area contributed by atoms with Crippen LogP contribution < -0.4 is 0 Å². The molecule has 3 aliphatic carbocycles. The molecular weight excluding hydrogens is 709 g/mol. The molecule has 0 saturated carbocycles. The van der Waals surface area contributed by atoms with Crippen molar-refractivity contribution in [3.63, 3.8) is 0 Å². The van der Waals surface area contributed by atoms with E-state index in [0.717, 1.165) is 12.8 Å². The van der Waals surface area contributed by atoms with Crippen LogP contribution in [0.1, 0.15) is 80.1 Å². The summed E-state index contributed by atoms with van der Waals surface area (Å²) >= 11 is 0. The average molecular weight is 753 g/mol. The summed E-state index contributed by atoms with van der Waals surface area (Å²) < 4.78 is 0. The van der Waals surface area contributed by atoms with Gasteiger partial charge in [0.05, 0.1) is 10.8 Å². The van der Waals surface area contributed by atoms with E-state index in [9.17, 15) is 0 Å². The summed E-state index contributed by atoms with van der Waals surface area (Å²) in [5, 5.41) is 2.57. The highest BCUT2D eigenvalue weighted by Gasteiger charge is 2.52. The fourth-order valence-corrected chi connectivity index (χ4v) is 11.9. The van der Waals surface area contributed by atoms with Crippen LogP contribution in [-0.2, 0) is 22.7 Å². The Morgan fingerprint density at radius 2 is 0.949 bits per heavy atom. The third-order valence-corrected chi connectivity index (χ3v) is 14.5. The van der Waals surface area contributed by atoms with Gasteiger partial charge < -0.3 is 0 Å². The number of benzene rings is 9. The molecule has 0 amide bonds. The minimum Gasteiger partial charge on any atom is -0.0642 e. The summed E-state index contributed by atoms with van der Waals surface area (Å²) in [6.45, 7) is 4.58. The molecule has 0 heteroatoms. The Kier molecular flexibility index (Phi) is 7.33. The maximum atomic E-state index is 2.63. The fraction of sp³-hybridized carbons (Fsp3) is 0.119. The molecule has 0 N–H and O–H groups in total. The monoisotopic (exact) mass is 752 g/mol. The van der Waals surface area contributed by atoms with Crippen LogP contribution in [0.4, 0.5) is 0 Å². The summed E-state index contributed by atoms with van der Waals surface area (Å²) in [7, 11) is 0. The molecule has 280 valence electrons. The van der Waals surface area contributed by atoms with Crippen molar-refractivity contribution in [3.05, 3.63) is 273 Å². The smallest absolute Gasteiger partial charge is 0.0642 e. The summed E-state index contributed by atoms with van der Waals surface area (Å²) in [5.74, 6) is 0. The number of rotatable bonds is 5. The van der Waals surface area contributed by atoms with Gasteiger partial charge in [0.1, 0.15) is 0 Å². The molecule has 9 aromatic rings. The van der Waals surface area contributed by atoms with Crippen molar-refractivity contribution in [3.8, 4) is 22.3 Å². The van der Waals surface area contributed by atoms with Crippen LogP contribution in [0.2, 0.25) is 0 Å². The Morgan fingerprint density at radius 3 is 1.63 bits per heavy atom. The summed E-state index contributed by atoms with van der Waals surface area (Å²) in [4.78, 5) is 0. The Hall–Kier alpha value is -6.76. The zero-order valence-corrected chi connectivity index (χ0v) is 33.5. The Bertz CT molecular complexity index is 3060. The van der Waals surface area contributed by atoms with E-state index in [1.807, 2.05) is 0 Å². The summed E-state index contributed by atoms with van der Waals surface area (Å²) in [6, 6.07) is 79.5. The molecule has 0 heterocycles. The van der Waals surface area contributed by atoms with Crippen LogP contribution in [0, 0.1) is 6.92 Å². The molecule has 59 heavy (non-hydrogen) atoms. The third kappa shape index (κ3) is 4.50. The van der Waals surface area contributed by atoms with Crippen molar-refractivity contribution in [2.24, 2.45) is 0 Å². The number of fused-ring (bicyclic) bond motifs is 12. The molecule has 0 aliphatic heterocycles. The molecule has 12 rings (SSSR count). The molecule has 0 fully saturated rings. The van der Waals surface area contributed by atoms with Crippen LogP contribution in [0.25, 0.3) is 33.0 Å². The lowest BCUT2D eigenvalue weighted by atomic mass is 9.65. The van der Waals surface area contributed by atoms with E-state index < -0.39 is 10.8 Å². The van der Waals surface area contributed by atoms with Crippen LogP contribution in [0.15, 0.2) is 206 Å². The average Bonchev–Trinajstić information content (AvgIpc) is 3.76. The van der Waals surface area contributed by atoms with Crippen molar-refractivity contribution in [2.75, 3.05) is 0 Å². The molecule has 2 atom stereocenters. The third-order valence-electron chi connectivity index (χ3n) is 14.5. The van der Waals surface area contributed by atoms with Crippen molar-refractivity contribution in [1.29, 1.82) is 0 Å². The Balaban J connectivity index is 1.26. The molecule has 0 spiro atoms. The van der Waals surface area contributed by atoms with Crippen LogP contribution in [0.5, 0.6) is 0 Å². The molecule has 0 nitrogen and oxygen atoms in total. The van der Waals surface area contributed by atoms with Gasteiger partial charge in [0, 0.05) is 5.41 Å². The van der Waals surface area contributed by atoms with Gasteiger partial charge in [-0.2, -0.15) is 0 Å². The second-order valence-corrected chi connectivity index (χ2v) is 17.2. The second-order valence-electron chi connectivity index (χ2n) is 17.2. The number of hydrogen-bond acceptors (Lipinski definition) is 0. The van der Waals surface area contributed by atoms with Gasteiger partial charge in [0.25, 0.3) is 0 Å². The van der Waals surface area contributed by atoms with E-state index in [0.29, 0.717) is 0 Å². The van der Waals surface area contributed by atoms with Crippen molar-refractivity contribution in [2.45, 2.75) is 42.9 Å². The van der Waals surface area contributed by atoms with Crippen LogP contribution in [0.3, 0.4) is 0 Å². The van der Waals surface area contributed by atoms with Crippen LogP contribution >= 0.6 is 0 Å². The fourth-order valence-electron chi connectivity index (χ4n) is 11.9. The van der Waals surface area contributed by atoms with Gasteiger partial charge in [0.2, 0.25) is 0 Å². The summed E-state index contributed by atoms with van der Waals surface area (Å²) in [6.07, 6.45) is 1.94. The highest BCUT2D eigenvalue weighted by Crippen LogP contribution is 2.64. The van der Waals surface area contributed by atoms with Crippen LogP contribution in [-0.4, -0.2) is 0 Å². The van der Waals surface area contributed by atoms with E-state index in [-0.39, 0.29) is 5.41 Å². The molecule has 0 saturated heterocycles. The Morgan fingerprint density at radius 1 is 0.390 bits per heavy atom. The van der Waals surface area contributed by atoms with Crippen molar-refractivity contribution >= 4 is 10.8 Å². The molecular formula is C59H44. The van der Waals surface area contributed by atoms with Gasteiger partial charge in [-0.25, -0.2) is 0 Å². The molecule has 2 unspecified atom stereocenters. The van der Waals surface area contributed by atoms with E-state index >= 15 is 0 Å². The first-order valence-corrected chi connectivity index (χ1v) is 21.3. The zero-order chi connectivity index (χ0) is 39.3. The predicted molar refractivity (Wildman–Crippen MR) is 245 cm³/mol. The lowest BCUT2D eigenvalue weighted by molar-refractivity contribution is 0.492. The molecule has 3 aliphatic rings. The first-order valence-electron chi connectivity index (χ1n) is 21.3. The van der Waals surface area contributed by atoms with Gasteiger partial charge in [-0.05, 0) is 126 Å². The second kappa shape index (κ2) is 12.6. The number of hydrogen-bond donors (Lipinski definition) is 0. The minimum absolute atomic E-state index is 0.182. The van der Waals surface area contributed by atoms with Gasteiger partial charge >= 0.3 is 0 Å². The maximum Gasteiger partial charge on any atom is 0.0714 e. The van der Waals surface area contributed by atoms with E-state index in [4.69, 9.17) is 0 Å². The Labute approximate surface area is 347 Å². The lowest BCUT2D eigenvalue weighted by Crippen LogP contribution is -2.30.